The van der Waals surface area contributed by atoms with Gasteiger partial charge < -0.3 is 9.47 Å². The van der Waals surface area contributed by atoms with Crippen LogP contribution in [0.25, 0.3) is 0 Å². The van der Waals surface area contributed by atoms with Gasteiger partial charge in [-0.1, -0.05) is 95.7 Å². The number of carbonyl (C=O) groups is 2. The highest BCUT2D eigenvalue weighted by molar-refractivity contribution is 5.95. The molecule has 0 bridgehead atoms. The van der Waals surface area contributed by atoms with Gasteiger partial charge >= 0.3 is 6.09 Å². The summed E-state index contributed by atoms with van der Waals surface area (Å²) in [5.41, 5.74) is 3.58. The average molecular weight is 548 g/mol. The summed E-state index contributed by atoms with van der Waals surface area (Å²) in [6.07, 6.45) is 9.19. The van der Waals surface area contributed by atoms with Crippen LogP contribution in [0.15, 0.2) is 60.7 Å². The summed E-state index contributed by atoms with van der Waals surface area (Å²) in [5, 5.41) is 0. The average Bonchev–Trinajstić information content (AvgIpc) is 3.29. The summed E-state index contributed by atoms with van der Waals surface area (Å²) < 4.78 is 11.4. The van der Waals surface area contributed by atoms with Crippen LogP contribution in [0.1, 0.15) is 77.0 Å². The summed E-state index contributed by atoms with van der Waals surface area (Å²) in [6.45, 7) is 13.9. The van der Waals surface area contributed by atoms with E-state index < -0.39 is 6.09 Å². The Balaban J connectivity index is 1.62. The van der Waals surface area contributed by atoms with Gasteiger partial charge in [-0.25, -0.2) is 9.69 Å². The third-order valence-corrected chi connectivity index (χ3v) is 8.08. The van der Waals surface area contributed by atoms with E-state index in [9.17, 15) is 9.59 Å². The lowest BCUT2D eigenvalue weighted by molar-refractivity contribution is -0.134. The lowest BCUT2D eigenvalue weighted by atomic mass is 9.85. The highest BCUT2D eigenvalue weighted by Crippen LogP contribution is 2.28. The number of nitrogens with zero attached hydrogens (tertiary/aromatic N) is 1. The van der Waals surface area contributed by atoms with Crippen LogP contribution in [-0.2, 0) is 22.4 Å². The molecule has 0 aliphatic carbocycles. The predicted molar refractivity (Wildman–Crippen MR) is 162 cm³/mol. The minimum absolute atomic E-state index is 0.113. The molecule has 1 saturated heterocycles. The zero-order chi connectivity index (χ0) is 29.1. The number of hydrogen-bond acceptors (Lipinski definition) is 4. The molecule has 218 valence electrons. The van der Waals surface area contributed by atoms with E-state index >= 15 is 0 Å². The number of rotatable bonds is 15. The fourth-order valence-corrected chi connectivity index (χ4v) is 5.26. The molecule has 0 N–H and O–H groups in total. The Hall–Kier alpha value is -3.08. The van der Waals surface area contributed by atoms with Crippen LogP contribution in [0.5, 0.6) is 5.75 Å². The van der Waals surface area contributed by atoms with Crippen LogP contribution in [0, 0.1) is 30.6 Å². The van der Waals surface area contributed by atoms with Crippen molar-refractivity contribution < 1.29 is 19.1 Å². The van der Waals surface area contributed by atoms with E-state index in [1.54, 1.807) is 0 Å². The quantitative estimate of drug-likeness (QED) is 0.167. The molecule has 1 aliphatic heterocycles. The Kier molecular flexibility index (Phi) is 12.3. The van der Waals surface area contributed by atoms with Crippen molar-refractivity contribution in [1.29, 1.82) is 0 Å². The lowest BCUT2D eigenvalue weighted by Gasteiger charge is -2.26. The van der Waals surface area contributed by atoms with Crippen LogP contribution in [0.4, 0.5) is 4.79 Å². The third-order valence-electron chi connectivity index (χ3n) is 8.08. The predicted octanol–water partition coefficient (Wildman–Crippen LogP) is 8.19. The highest BCUT2D eigenvalue weighted by atomic mass is 16.6. The fraction of sp³-hybridized carbons (Fsp3) is 0.543. The molecule has 5 nitrogen and oxygen atoms in total. The lowest BCUT2D eigenvalue weighted by Crippen LogP contribution is -2.44. The van der Waals surface area contributed by atoms with E-state index in [0.717, 1.165) is 43.6 Å². The first-order valence-corrected chi connectivity index (χ1v) is 15.1. The van der Waals surface area contributed by atoms with Crippen molar-refractivity contribution in [1.82, 2.24) is 4.90 Å². The van der Waals surface area contributed by atoms with E-state index in [1.807, 2.05) is 30.3 Å². The van der Waals surface area contributed by atoms with Gasteiger partial charge in [0.1, 0.15) is 12.4 Å². The summed E-state index contributed by atoms with van der Waals surface area (Å²) in [6, 6.07) is 16.3. The smallest absolute Gasteiger partial charge is 0.416 e. The topological polar surface area (TPSA) is 55.8 Å². The van der Waals surface area contributed by atoms with Crippen molar-refractivity contribution in [2.24, 2.45) is 23.7 Å². The van der Waals surface area contributed by atoms with Gasteiger partial charge in [-0.15, -0.1) is 0 Å². The van der Waals surface area contributed by atoms with Crippen molar-refractivity contribution >= 4 is 12.0 Å². The molecule has 3 atom stereocenters. The van der Waals surface area contributed by atoms with Crippen molar-refractivity contribution in [3.05, 3.63) is 77.4 Å². The second-order valence-electron chi connectivity index (χ2n) is 11.9. The van der Waals surface area contributed by atoms with Crippen LogP contribution in [0.3, 0.4) is 0 Å². The largest absolute Gasteiger partial charge is 0.493 e. The molecule has 0 radical (unpaired) electrons. The molecule has 1 heterocycles. The molecular weight excluding hydrogens is 498 g/mol. The minimum Gasteiger partial charge on any atom is -0.493 e. The van der Waals surface area contributed by atoms with E-state index in [4.69, 9.17) is 9.47 Å². The number of allylic oxidation sites excluding steroid dienone is 2. The summed E-state index contributed by atoms with van der Waals surface area (Å²) in [4.78, 5) is 27.6. The first-order chi connectivity index (χ1) is 19.2. The monoisotopic (exact) mass is 547 g/mol. The minimum atomic E-state index is -0.517. The zero-order valence-corrected chi connectivity index (χ0v) is 25.4. The molecule has 2 aromatic rings. The Morgan fingerprint density at radius 2 is 1.75 bits per heavy atom. The maximum absolute atomic E-state index is 13.6. The first-order valence-electron chi connectivity index (χ1n) is 15.1. The standard InChI is InChI=1S/C35H49NO4/c1-7-8-20-39-33-23-29(19-18-27(33)6)21-30(25(2)3)16-12-13-17-32(26(4)5)34(37)36-31(24-40-35(36)38)22-28-14-10-9-11-15-28/h9-15,18-19,23,25-26,30-32H,7-8,16-17,20-22,24H2,1-6H3/b13-12+/t30-,31+,32+/m1/s1. The van der Waals surface area contributed by atoms with Gasteiger partial charge in [-0.2, -0.15) is 0 Å². The molecule has 40 heavy (non-hydrogen) atoms. The van der Waals surface area contributed by atoms with Crippen LogP contribution in [-0.4, -0.2) is 36.2 Å². The Bertz CT molecular complexity index is 1110. The van der Waals surface area contributed by atoms with E-state index in [-0.39, 0.29) is 30.4 Å². The molecule has 1 fully saturated rings. The summed E-state index contributed by atoms with van der Waals surface area (Å²) in [5.74, 6) is 1.72. The molecule has 0 aromatic heterocycles. The number of aryl methyl sites for hydroxylation is 1. The van der Waals surface area contributed by atoms with Gasteiger partial charge in [-0.3, -0.25) is 4.79 Å². The van der Waals surface area contributed by atoms with Gasteiger partial charge in [0.25, 0.3) is 0 Å². The summed E-state index contributed by atoms with van der Waals surface area (Å²) in [7, 11) is 0. The van der Waals surface area contributed by atoms with Gasteiger partial charge in [-0.05, 0) is 79.5 Å². The van der Waals surface area contributed by atoms with E-state index in [2.05, 4.69) is 71.9 Å². The zero-order valence-electron chi connectivity index (χ0n) is 25.4. The van der Waals surface area contributed by atoms with Crippen LogP contribution in [0.2, 0.25) is 0 Å². The second kappa shape index (κ2) is 15.6. The van der Waals surface area contributed by atoms with Gasteiger partial charge in [0, 0.05) is 5.92 Å². The van der Waals surface area contributed by atoms with Crippen LogP contribution >= 0.6 is 0 Å². The Morgan fingerprint density at radius 1 is 1.02 bits per heavy atom. The molecule has 2 amide bonds. The van der Waals surface area contributed by atoms with Crippen molar-refractivity contribution in [3.8, 4) is 5.75 Å². The number of imide groups is 1. The number of benzene rings is 2. The van der Waals surface area contributed by atoms with Gasteiger partial charge in [0.05, 0.1) is 12.6 Å². The maximum Gasteiger partial charge on any atom is 0.416 e. The molecule has 2 aromatic carbocycles. The number of ether oxygens (including phenoxy) is 2. The van der Waals surface area contributed by atoms with Crippen molar-refractivity contribution in [2.45, 2.75) is 86.1 Å². The number of cyclic esters (lactones) is 1. The van der Waals surface area contributed by atoms with Gasteiger partial charge in [0.2, 0.25) is 5.91 Å². The molecule has 0 spiro atoms. The fourth-order valence-electron chi connectivity index (χ4n) is 5.26. The highest BCUT2D eigenvalue weighted by Gasteiger charge is 2.41. The second-order valence-corrected chi connectivity index (χ2v) is 11.9. The molecule has 3 rings (SSSR count). The molecule has 1 aliphatic rings. The van der Waals surface area contributed by atoms with Gasteiger partial charge in [0.15, 0.2) is 0 Å². The number of carbonyl (C=O) groups excluding carboxylic acids is 2. The van der Waals surface area contributed by atoms with E-state index in [1.165, 1.54) is 16.0 Å². The number of amides is 2. The number of unbranched alkanes of at least 4 members (excludes halogenated alkanes) is 1. The molecule has 0 unspecified atom stereocenters. The van der Waals surface area contributed by atoms with Crippen LogP contribution < -0.4 is 4.74 Å². The molecule has 0 saturated carbocycles. The van der Waals surface area contributed by atoms with Crippen molar-refractivity contribution in [2.75, 3.05) is 13.2 Å². The maximum atomic E-state index is 13.6. The molecule has 5 heteroatoms. The Labute approximate surface area is 241 Å². The van der Waals surface area contributed by atoms with E-state index in [0.29, 0.717) is 24.7 Å². The summed E-state index contributed by atoms with van der Waals surface area (Å²) >= 11 is 0. The number of hydrogen-bond donors (Lipinski definition) is 0. The van der Waals surface area contributed by atoms with Crippen molar-refractivity contribution in [3.63, 3.8) is 0 Å². The first kappa shape index (κ1) is 31.4. The SMILES string of the molecule is CCCCOc1cc(C[C@@H](C/C=C/C[C@H](C(=O)N2C(=O)OC[C@@H]2Cc2ccccc2)C(C)C)C(C)C)ccc1C. The Morgan fingerprint density at radius 3 is 2.42 bits per heavy atom. The normalized spacial score (nSPS) is 17.1. The third kappa shape index (κ3) is 8.97. The molecular formula is C35H49NO4.